The smallest absolute Gasteiger partial charge is 0.254 e. The van der Waals surface area contributed by atoms with Gasteiger partial charge in [0.15, 0.2) is 0 Å². The molecule has 5 heteroatoms. The summed E-state index contributed by atoms with van der Waals surface area (Å²) in [7, 11) is 3.53. The molecule has 2 heterocycles. The highest BCUT2D eigenvalue weighted by Gasteiger charge is 2.52. The summed E-state index contributed by atoms with van der Waals surface area (Å²) in [4.78, 5) is 18.3. The molecule has 0 radical (unpaired) electrons. The van der Waals surface area contributed by atoms with Crippen LogP contribution >= 0.6 is 0 Å². The van der Waals surface area contributed by atoms with Crippen LogP contribution in [0.4, 0.5) is 0 Å². The lowest BCUT2D eigenvalue weighted by Gasteiger charge is -2.43. The highest BCUT2D eigenvalue weighted by Crippen LogP contribution is 2.43. The first-order chi connectivity index (χ1) is 11.7. The first kappa shape index (κ1) is 15.7. The zero-order chi connectivity index (χ0) is 16.7. The molecule has 1 aromatic heterocycles. The Hall–Kier alpha value is -1.85. The number of hydrogen-bond acceptors (Lipinski definition) is 3. The van der Waals surface area contributed by atoms with Crippen LogP contribution in [0.2, 0.25) is 0 Å². The van der Waals surface area contributed by atoms with E-state index < -0.39 is 0 Å². The van der Waals surface area contributed by atoms with Crippen LogP contribution in [0.1, 0.15) is 36.0 Å². The lowest BCUT2D eigenvalue weighted by Crippen LogP contribution is -2.53. The van der Waals surface area contributed by atoms with E-state index in [0.29, 0.717) is 0 Å². The summed E-state index contributed by atoms with van der Waals surface area (Å²) < 4.78 is 11.5. The number of aromatic amines is 1. The number of hydrogen-bond donors (Lipinski definition) is 1. The van der Waals surface area contributed by atoms with Gasteiger partial charge in [0.1, 0.15) is 0 Å². The molecule has 1 aliphatic carbocycles. The highest BCUT2D eigenvalue weighted by molar-refractivity contribution is 5.98. The van der Waals surface area contributed by atoms with Gasteiger partial charge in [-0.3, -0.25) is 4.79 Å². The van der Waals surface area contributed by atoms with E-state index in [2.05, 4.69) is 4.98 Å². The van der Waals surface area contributed by atoms with Crippen LogP contribution in [0.15, 0.2) is 30.5 Å². The van der Waals surface area contributed by atoms with E-state index >= 15 is 0 Å². The van der Waals surface area contributed by atoms with Crippen molar-refractivity contribution >= 4 is 16.8 Å². The van der Waals surface area contributed by atoms with Gasteiger partial charge in [-0.15, -0.1) is 0 Å². The van der Waals surface area contributed by atoms with E-state index in [1.54, 1.807) is 14.2 Å². The highest BCUT2D eigenvalue weighted by atomic mass is 16.5. The summed E-state index contributed by atoms with van der Waals surface area (Å²) in [5.41, 5.74) is 1.52. The SMILES string of the molecule is CO[C@@H]1CC[C@@]2(OC)CCN(C(=O)c3ccc4cc[nH]c4c3)[C@H]2C1. The summed E-state index contributed by atoms with van der Waals surface area (Å²) in [6.07, 6.45) is 5.80. The second-order valence-corrected chi connectivity index (χ2v) is 6.95. The van der Waals surface area contributed by atoms with E-state index in [1.807, 2.05) is 35.4 Å². The van der Waals surface area contributed by atoms with E-state index in [-0.39, 0.29) is 23.7 Å². The second kappa shape index (κ2) is 5.90. The van der Waals surface area contributed by atoms with Crippen molar-refractivity contribution in [3.63, 3.8) is 0 Å². The zero-order valence-corrected chi connectivity index (χ0v) is 14.2. The lowest BCUT2D eigenvalue weighted by molar-refractivity contribution is -0.0893. The molecule has 4 rings (SSSR count). The quantitative estimate of drug-likeness (QED) is 0.942. The van der Waals surface area contributed by atoms with E-state index in [4.69, 9.17) is 9.47 Å². The minimum Gasteiger partial charge on any atom is -0.381 e. The van der Waals surface area contributed by atoms with Crippen molar-refractivity contribution in [2.75, 3.05) is 20.8 Å². The van der Waals surface area contributed by atoms with Crippen molar-refractivity contribution in [2.45, 2.75) is 43.4 Å². The van der Waals surface area contributed by atoms with Gasteiger partial charge in [-0.2, -0.15) is 0 Å². The van der Waals surface area contributed by atoms with Gasteiger partial charge in [-0.25, -0.2) is 0 Å². The Labute approximate surface area is 141 Å². The molecule has 1 saturated heterocycles. The van der Waals surface area contributed by atoms with Crippen LogP contribution in [0, 0.1) is 0 Å². The van der Waals surface area contributed by atoms with Crippen molar-refractivity contribution in [1.29, 1.82) is 0 Å². The predicted molar refractivity (Wildman–Crippen MR) is 92.1 cm³/mol. The number of carbonyl (C=O) groups is 1. The normalized spacial score (nSPS) is 29.8. The number of nitrogens with one attached hydrogen (secondary N) is 1. The standard InChI is InChI=1S/C19H24N2O3/c1-23-15-5-7-19(24-2)8-10-21(17(19)12-15)18(22)14-4-3-13-6-9-20-16(13)11-14/h3-4,6,9,11,15,17,20H,5,7-8,10,12H2,1-2H3/t15-,17+,19-/m1/s1. The van der Waals surface area contributed by atoms with E-state index in [1.165, 1.54) is 0 Å². The molecule has 1 aromatic carbocycles. The van der Waals surface area contributed by atoms with Crippen LogP contribution in [0.3, 0.4) is 0 Å². The summed E-state index contributed by atoms with van der Waals surface area (Å²) in [5, 5.41) is 1.12. The molecule has 128 valence electrons. The molecule has 2 fully saturated rings. The van der Waals surface area contributed by atoms with Crippen molar-refractivity contribution in [1.82, 2.24) is 9.88 Å². The van der Waals surface area contributed by atoms with Crippen LogP contribution in [0.5, 0.6) is 0 Å². The monoisotopic (exact) mass is 328 g/mol. The summed E-state index contributed by atoms with van der Waals surface area (Å²) in [6, 6.07) is 7.97. The number of methoxy groups -OCH3 is 2. The minimum atomic E-state index is -0.207. The Morgan fingerprint density at radius 2 is 2.17 bits per heavy atom. The maximum absolute atomic E-state index is 13.1. The van der Waals surface area contributed by atoms with Gasteiger partial charge in [-0.1, -0.05) is 6.07 Å². The Morgan fingerprint density at radius 3 is 2.96 bits per heavy atom. The molecule has 2 aliphatic rings. The van der Waals surface area contributed by atoms with Gasteiger partial charge in [0.05, 0.1) is 17.7 Å². The predicted octanol–water partition coefficient (Wildman–Crippen LogP) is 2.97. The number of likely N-dealkylation sites (tertiary alicyclic amines) is 1. The van der Waals surface area contributed by atoms with Gasteiger partial charge in [0.2, 0.25) is 0 Å². The number of aromatic nitrogens is 1. The lowest BCUT2D eigenvalue weighted by atomic mass is 9.79. The maximum Gasteiger partial charge on any atom is 0.254 e. The number of nitrogens with zero attached hydrogens (tertiary/aromatic N) is 1. The molecule has 1 saturated carbocycles. The number of H-pyrrole nitrogens is 1. The summed E-state index contributed by atoms with van der Waals surface area (Å²) in [5.74, 6) is 0.0900. The van der Waals surface area contributed by atoms with Gasteiger partial charge in [0, 0.05) is 38.0 Å². The van der Waals surface area contributed by atoms with Crippen LogP contribution in [-0.4, -0.2) is 54.3 Å². The summed E-state index contributed by atoms with van der Waals surface area (Å²) >= 11 is 0. The van der Waals surface area contributed by atoms with Gasteiger partial charge in [0.25, 0.3) is 5.91 Å². The van der Waals surface area contributed by atoms with Crippen molar-refractivity contribution in [3.8, 4) is 0 Å². The molecule has 3 atom stereocenters. The van der Waals surface area contributed by atoms with E-state index in [9.17, 15) is 4.79 Å². The molecule has 1 N–H and O–H groups in total. The number of ether oxygens (including phenoxy) is 2. The topological polar surface area (TPSA) is 54.6 Å². The number of amides is 1. The molecule has 0 unspecified atom stereocenters. The average Bonchev–Trinajstić information content (AvgIpc) is 3.24. The third-order valence-electron chi connectivity index (χ3n) is 5.94. The third-order valence-corrected chi connectivity index (χ3v) is 5.94. The number of fused-ring (bicyclic) bond motifs is 2. The van der Waals surface area contributed by atoms with Gasteiger partial charge >= 0.3 is 0 Å². The molecule has 5 nitrogen and oxygen atoms in total. The van der Waals surface area contributed by atoms with Crippen LogP contribution in [0.25, 0.3) is 10.9 Å². The molecular formula is C19H24N2O3. The molecule has 2 aromatic rings. The molecule has 1 amide bonds. The Balaban J connectivity index is 1.63. The first-order valence-electron chi connectivity index (χ1n) is 8.63. The zero-order valence-electron chi connectivity index (χ0n) is 14.2. The van der Waals surface area contributed by atoms with Crippen molar-refractivity contribution in [3.05, 3.63) is 36.0 Å². The summed E-state index contributed by atoms with van der Waals surface area (Å²) in [6.45, 7) is 0.747. The van der Waals surface area contributed by atoms with Gasteiger partial charge < -0.3 is 19.4 Å². The van der Waals surface area contributed by atoms with E-state index in [0.717, 1.165) is 48.7 Å². The number of rotatable bonds is 3. The molecule has 0 spiro atoms. The maximum atomic E-state index is 13.1. The molecular weight excluding hydrogens is 304 g/mol. The number of carbonyl (C=O) groups excluding carboxylic acids is 1. The second-order valence-electron chi connectivity index (χ2n) is 6.95. The van der Waals surface area contributed by atoms with Gasteiger partial charge in [-0.05, 0) is 49.3 Å². The fourth-order valence-corrected chi connectivity index (χ4v) is 4.47. The third kappa shape index (κ3) is 2.34. The van der Waals surface area contributed by atoms with Crippen molar-refractivity contribution < 1.29 is 14.3 Å². The average molecular weight is 328 g/mol. The fourth-order valence-electron chi connectivity index (χ4n) is 4.47. The van der Waals surface area contributed by atoms with Crippen LogP contribution in [-0.2, 0) is 9.47 Å². The Bertz CT molecular complexity index is 756. The van der Waals surface area contributed by atoms with Crippen LogP contribution < -0.4 is 0 Å². The Kier molecular flexibility index (Phi) is 3.85. The molecule has 0 bridgehead atoms. The molecule has 24 heavy (non-hydrogen) atoms. The van der Waals surface area contributed by atoms with Crippen molar-refractivity contribution in [2.24, 2.45) is 0 Å². The largest absolute Gasteiger partial charge is 0.381 e. The minimum absolute atomic E-state index is 0.0900. The Morgan fingerprint density at radius 1 is 1.29 bits per heavy atom. The molecule has 1 aliphatic heterocycles. The fraction of sp³-hybridized carbons (Fsp3) is 0.526. The number of benzene rings is 1. The first-order valence-corrected chi connectivity index (χ1v) is 8.63.